The second-order valence-electron chi connectivity index (χ2n) is 6.62. The van der Waals surface area contributed by atoms with Gasteiger partial charge in [-0.05, 0) is 44.0 Å². The number of nitrogens with zero attached hydrogens (tertiary/aromatic N) is 1. The van der Waals surface area contributed by atoms with E-state index in [4.69, 9.17) is 9.47 Å². The third kappa shape index (κ3) is 4.40. The van der Waals surface area contributed by atoms with Gasteiger partial charge >= 0.3 is 0 Å². The molecule has 0 saturated carbocycles. The lowest BCUT2D eigenvalue weighted by Crippen LogP contribution is -2.38. The van der Waals surface area contributed by atoms with Crippen molar-refractivity contribution in [3.63, 3.8) is 0 Å². The lowest BCUT2D eigenvalue weighted by Gasteiger charge is -2.29. The fraction of sp³-hybridized carbons (Fsp3) is 0.647. The minimum atomic E-state index is -3.53. The van der Waals surface area contributed by atoms with Crippen LogP contribution in [-0.2, 0) is 10.0 Å². The van der Waals surface area contributed by atoms with Crippen molar-refractivity contribution >= 4 is 10.0 Å². The summed E-state index contributed by atoms with van der Waals surface area (Å²) in [7, 11) is -3.53. The van der Waals surface area contributed by atoms with Crippen LogP contribution >= 0.6 is 0 Å². The van der Waals surface area contributed by atoms with Crippen molar-refractivity contribution in [2.75, 3.05) is 39.4 Å². The van der Waals surface area contributed by atoms with Gasteiger partial charge in [0.15, 0.2) is 11.5 Å². The molecule has 1 aromatic carbocycles. The first-order valence-corrected chi connectivity index (χ1v) is 10.1. The van der Waals surface area contributed by atoms with Crippen molar-refractivity contribution in [2.24, 2.45) is 5.92 Å². The van der Waals surface area contributed by atoms with Crippen LogP contribution in [0.3, 0.4) is 0 Å². The van der Waals surface area contributed by atoms with Gasteiger partial charge in [0.25, 0.3) is 0 Å². The van der Waals surface area contributed by atoms with Crippen LogP contribution < -0.4 is 14.2 Å². The Morgan fingerprint density at radius 3 is 2.58 bits per heavy atom. The van der Waals surface area contributed by atoms with E-state index in [1.165, 1.54) is 25.3 Å². The lowest BCUT2D eigenvalue weighted by atomic mass is 10.1. The molecule has 0 spiro atoms. The highest BCUT2D eigenvalue weighted by atomic mass is 32.2. The summed E-state index contributed by atoms with van der Waals surface area (Å²) >= 11 is 0. The zero-order valence-corrected chi connectivity index (χ0v) is 15.0. The molecule has 7 heteroatoms. The molecular formula is C17H26N2O4S. The van der Waals surface area contributed by atoms with E-state index in [0.717, 1.165) is 19.6 Å². The molecule has 1 fully saturated rings. The second-order valence-corrected chi connectivity index (χ2v) is 8.39. The molecule has 2 aliphatic heterocycles. The van der Waals surface area contributed by atoms with Gasteiger partial charge in [0.2, 0.25) is 10.0 Å². The van der Waals surface area contributed by atoms with E-state index in [0.29, 0.717) is 31.3 Å². The zero-order chi connectivity index (χ0) is 17.0. The van der Waals surface area contributed by atoms with Gasteiger partial charge in [0.1, 0.15) is 13.2 Å². The average Bonchev–Trinajstić information content (AvgIpc) is 2.60. The van der Waals surface area contributed by atoms with Gasteiger partial charge in [0, 0.05) is 19.2 Å². The molecule has 1 unspecified atom stereocenters. The molecule has 2 aliphatic rings. The van der Waals surface area contributed by atoms with E-state index in [2.05, 4.69) is 16.5 Å². The zero-order valence-electron chi connectivity index (χ0n) is 14.2. The molecule has 0 radical (unpaired) electrons. The standard InChI is InChI=1S/C17H26N2O4S/c1-14(13-19-7-3-2-4-8-19)12-18-24(20,21)15-5-6-16-17(11-15)23-10-9-22-16/h5-6,11,14,18H,2-4,7-10,12-13H2,1H3. The van der Waals surface area contributed by atoms with Gasteiger partial charge < -0.3 is 14.4 Å². The summed E-state index contributed by atoms with van der Waals surface area (Å²) in [4.78, 5) is 2.64. The van der Waals surface area contributed by atoms with E-state index in [-0.39, 0.29) is 10.8 Å². The van der Waals surface area contributed by atoms with Crippen LogP contribution in [0.1, 0.15) is 26.2 Å². The second kappa shape index (κ2) is 7.72. The number of nitrogens with one attached hydrogen (secondary N) is 1. The Morgan fingerprint density at radius 1 is 1.12 bits per heavy atom. The molecule has 3 rings (SSSR count). The van der Waals surface area contributed by atoms with Crippen LogP contribution in [0.4, 0.5) is 0 Å². The summed E-state index contributed by atoms with van der Waals surface area (Å²) in [5, 5.41) is 0. The van der Waals surface area contributed by atoms with Crippen molar-refractivity contribution in [2.45, 2.75) is 31.1 Å². The summed E-state index contributed by atoms with van der Waals surface area (Å²) < 4.78 is 38.6. The largest absolute Gasteiger partial charge is 0.486 e. The van der Waals surface area contributed by atoms with Crippen molar-refractivity contribution in [1.29, 1.82) is 0 Å². The van der Waals surface area contributed by atoms with E-state index in [1.54, 1.807) is 12.1 Å². The molecular weight excluding hydrogens is 328 g/mol. The number of piperidine rings is 1. The Morgan fingerprint density at radius 2 is 1.83 bits per heavy atom. The van der Waals surface area contributed by atoms with Crippen LogP contribution in [0.15, 0.2) is 23.1 Å². The Hall–Kier alpha value is -1.31. The Balaban J connectivity index is 1.57. The molecule has 0 bridgehead atoms. The average molecular weight is 354 g/mol. The SMILES string of the molecule is CC(CNS(=O)(=O)c1ccc2c(c1)OCCO2)CN1CCCCC1. The molecule has 1 atom stereocenters. The Bertz CT molecular complexity index is 657. The summed E-state index contributed by atoms with van der Waals surface area (Å²) in [6, 6.07) is 4.75. The van der Waals surface area contributed by atoms with Crippen LogP contribution in [-0.4, -0.2) is 52.7 Å². The maximum atomic E-state index is 12.5. The van der Waals surface area contributed by atoms with Gasteiger partial charge in [0.05, 0.1) is 4.90 Å². The molecule has 1 N–H and O–H groups in total. The van der Waals surface area contributed by atoms with E-state index in [1.807, 2.05) is 0 Å². The highest BCUT2D eigenvalue weighted by molar-refractivity contribution is 7.89. The Kier molecular flexibility index (Phi) is 5.63. The first kappa shape index (κ1) is 17.5. The number of sulfonamides is 1. The maximum absolute atomic E-state index is 12.5. The summed E-state index contributed by atoms with van der Waals surface area (Å²) in [6.45, 7) is 6.64. The smallest absolute Gasteiger partial charge is 0.240 e. The van der Waals surface area contributed by atoms with Gasteiger partial charge in [-0.1, -0.05) is 13.3 Å². The molecule has 0 amide bonds. The number of benzene rings is 1. The third-order valence-electron chi connectivity index (χ3n) is 4.46. The molecule has 134 valence electrons. The first-order valence-electron chi connectivity index (χ1n) is 8.66. The van der Waals surface area contributed by atoms with Gasteiger partial charge in [-0.25, -0.2) is 13.1 Å². The highest BCUT2D eigenvalue weighted by Gasteiger charge is 2.21. The Labute approximate surface area is 144 Å². The van der Waals surface area contributed by atoms with E-state index in [9.17, 15) is 8.42 Å². The van der Waals surface area contributed by atoms with Crippen LogP contribution in [0, 0.1) is 5.92 Å². The predicted molar refractivity (Wildman–Crippen MR) is 92.1 cm³/mol. The minimum Gasteiger partial charge on any atom is -0.486 e. The molecule has 24 heavy (non-hydrogen) atoms. The predicted octanol–water partition coefficient (Wildman–Crippen LogP) is 1.86. The fourth-order valence-corrected chi connectivity index (χ4v) is 4.35. The maximum Gasteiger partial charge on any atom is 0.240 e. The number of ether oxygens (including phenoxy) is 2. The minimum absolute atomic E-state index is 0.219. The quantitative estimate of drug-likeness (QED) is 0.844. The molecule has 1 aromatic rings. The number of rotatable bonds is 6. The number of fused-ring (bicyclic) bond motifs is 1. The van der Waals surface area contributed by atoms with Gasteiger partial charge in [-0.3, -0.25) is 0 Å². The van der Waals surface area contributed by atoms with Crippen LogP contribution in [0.5, 0.6) is 11.5 Å². The molecule has 0 aliphatic carbocycles. The molecule has 6 nitrogen and oxygen atoms in total. The summed E-state index contributed by atoms with van der Waals surface area (Å²) in [6.07, 6.45) is 3.80. The van der Waals surface area contributed by atoms with Crippen LogP contribution in [0.25, 0.3) is 0 Å². The highest BCUT2D eigenvalue weighted by Crippen LogP contribution is 2.32. The van der Waals surface area contributed by atoms with Crippen molar-refractivity contribution in [3.05, 3.63) is 18.2 Å². The fourth-order valence-electron chi connectivity index (χ4n) is 3.17. The monoisotopic (exact) mass is 354 g/mol. The molecule has 0 aromatic heterocycles. The molecule has 2 heterocycles. The number of hydrogen-bond acceptors (Lipinski definition) is 5. The normalized spacial score (nSPS) is 19.9. The number of likely N-dealkylation sites (tertiary alicyclic amines) is 1. The van der Waals surface area contributed by atoms with Crippen molar-refractivity contribution < 1.29 is 17.9 Å². The van der Waals surface area contributed by atoms with Crippen molar-refractivity contribution in [3.8, 4) is 11.5 Å². The summed E-state index contributed by atoms with van der Waals surface area (Å²) in [5.74, 6) is 1.36. The number of hydrogen-bond donors (Lipinski definition) is 1. The first-order chi connectivity index (χ1) is 11.5. The third-order valence-corrected chi connectivity index (χ3v) is 5.89. The van der Waals surface area contributed by atoms with E-state index >= 15 is 0 Å². The van der Waals surface area contributed by atoms with E-state index < -0.39 is 10.0 Å². The van der Waals surface area contributed by atoms with Gasteiger partial charge in [-0.15, -0.1) is 0 Å². The van der Waals surface area contributed by atoms with Crippen LogP contribution in [0.2, 0.25) is 0 Å². The topological polar surface area (TPSA) is 67.9 Å². The van der Waals surface area contributed by atoms with Gasteiger partial charge in [-0.2, -0.15) is 0 Å². The lowest BCUT2D eigenvalue weighted by molar-refractivity contribution is 0.171. The molecule has 1 saturated heterocycles. The summed E-state index contributed by atoms with van der Waals surface area (Å²) in [5.41, 5.74) is 0. The van der Waals surface area contributed by atoms with Crippen molar-refractivity contribution in [1.82, 2.24) is 9.62 Å².